The van der Waals surface area contributed by atoms with Crippen molar-refractivity contribution in [2.24, 2.45) is 23.7 Å². The summed E-state index contributed by atoms with van der Waals surface area (Å²) in [6.07, 6.45) is 2.64. The minimum absolute atomic E-state index is 0.0121. The summed E-state index contributed by atoms with van der Waals surface area (Å²) in [4.78, 5) is 14.9. The Morgan fingerprint density at radius 3 is 2.41 bits per heavy atom. The molecule has 0 radical (unpaired) electrons. The second-order valence-corrected chi connectivity index (χ2v) is 9.99. The third kappa shape index (κ3) is 5.23. The van der Waals surface area contributed by atoms with Crippen molar-refractivity contribution < 1.29 is 23.7 Å². The summed E-state index contributed by atoms with van der Waals surface area (Å²) in [5.41, 5.74) is 1.22. The second kappa shape index (κ2) is 10.9. The molecule has 0 bridgehead atoms. The highest BCUT2D eigenvalue weighted by atomic mass is 16.6. The largest absolute Gasteiger partial charge is 0.493 e. The van der Waals surface area contributed by atoms with Gasteiger partial charge in [0.1, 0.15) is 6.10 Å². The fourth-order valence-corrected chi connectivity index (χ4v) is 5.40. The van der Waals surface area contributed by atoms with Gasteiger partial charge in [0.05, 0.1) is 19.6 Å². The average Bonchev–Trinajstić information content (AvgIpc) is 3.31. The predicted octanol–water partition coefficient (Wildman–Crippen LogP) is 4.72. The van der Waals surface area contributed by atoms with E-state index in [0.29, 0.717) is 31.0 Å². The van der Waals surface area contributed by atoms with Gasteiger partial charge in [0.25, 0.3) is 0 Å². The van der Waals surface area contributed by atoms with Crippen molar-refractivity contribution in [3.8, 4) is 11.5 Å². The van der Waals surface area contributed by atoms with Crippen LogP contribution in [0.4, 0.5) is 0 Å². The molecule has 6 heteroatoms. The molecular weight excluding hydrogens is 406 g/mol. The Morgan fingerprint density at radius 1 is 1.06 bits per heavy atom. The number of likely N-dealkylation sites (tertiary alicyclic amines) is 1. The molecule has 2 aliphatic rings. The number of methoxy groups -OCH3 is 2. The molecule has 5 atom stereocenters. The quantitative estimate of drug-likeness (QED) is 0.382. The van der Waals surface area contributed by atoms with Gasteiger partial charge in [-0.05, 0) is 55.3 Å². The number of ether oxygens (including phenoxy) is 4. The summed E-state index contributed by atoms with van der Waals surface area (Å²) < 4.78 is 22.6. The molecule has 6 nitrogen and oxygen atoms in total. The van der Waals surface area contributed by atoms with Crippen LogP contribution in [0.15, 0.2) is 18.2 Å². The van der Waals surface area contributed by atoms with E-state index in [-0.39, 0.29) is 30.1 Å². The van der Waals surface area contributed by atoms with Crippen molar-refractivity contribution in [2.45, 2.75) is 65.1 Å². The van der Waals surface area contributed by atoms with Crippen LogP contribution in [0.2, 0.25) is 0 Å². The van der Waals surface area contributed by atoms with E-state index in [0.717, 1.165) is 30.8 Å². The fourth-order valence-electron chi connectivity index (χ4n) is 5.40. The number of rotatable bonds is 10. The van der Waals surface area contributed by atoms with Gasteiger partial charge in [-0.15, -0.1) is 0 Å². The van der Waals surface area contributed by atoms with Gasteiger partial charge in [-0.3, -0.25) is 9.69 Å². The number of carbonyl (C=O) groups is 1. The first-order chi connectivity index (χ1) is 15.3. The van der Waals surface area contributed by atoms with E-state index in [1.165, 1.54) is 5.56 Å². The van der Waals surface area contributed by atoms with Crippen LogP contribution in [-0.2, 0) is 14.3 Å². The molecule has 0 N–H and O–H groups in total. The number of esters is 1. The molecule has 1 aromatic rings. The smallest absolute Gasteiger partial charge is 0.309 e. The number of nitrogens with zero attached hydrogens (tertiary/aromatic N) is 1. The van der Waals surface area contributed by atoms with Crippen molar-refractivity contribution in [2.75, 3.05) is 34.5 Å². The topological polar surface area (TPSA) is 57.2 Å². The lowest BCUT2D eigenvalue weighted by Crippen LogP contribution is -2.37. The highest BCUT2D eigenvalue weighted by Gasteiger charge is 2.49. The molecule has 3 rings (SSSR count). The van der Waals surface area contributed by atoms with Crippen molar-refractivity contribution in [1.82, 2.24) is 4.90 Å². The number of carbonyl (C=O) groups excluding carboxylic acids is 1. The van der Waals surface area contributed by atoms with Crippen LogP contribution in [0.1, 0.15) is 58.6 Å². The van der Waals surface area contributed by atoms with E-state index in [4.69, 9.17) is 18.9 Å². The summed E-state index contributed by atoms with van der Waals surface area (Å²) in [6.45, 7) is 10.0. The lowest BCUT2D eigenvalue weighted by Gasteiger charge is -2.31. The van der Waals surface area contributed by atoms with Gasteiger partial charge in [0.15, 0.2) is 11.5 Å². The van der Waals surface area contributed by atoms with Crippen molar-refractivity contribution >= 4 is 5.97 Å². The minimum atomic E-state index is -0.0332. The summed E-state index contributed by atoms with van der Waals surface area (Å²) in [5, 5.41) is 0. The maximum atomic E-state index is 12.4. The maximum absolute atomic E-state index is 12.4. The molecule has 2 aliphatic heterocycles. The molecular formula is C26H41NO5. The second-order valence-electron chi connectivity index (χ2n) is 9.99. The van der Waals surface area contributed by atoms with Gasteiger partial charge in [0.2, 0.25) is 0 Å². The molecule has 0 saturated carbocycles. The summed E-state index contributed by atoms with van der Waals surface area (Å²) in [6, 6.07) is 6.75. The van der Waals surface area contributed by atoms with Crippen LogP contribution in [-0.4, -0.2) is 57.5 Å². The zero-order valence-electron chi connectivity index (χ0n) is 20.8. The Kier molecular flexibility index (Phi) is 8.45. The first kappa shape index (κ1) is 24.8. The standard InChI is InChI=1S/C26H41NO5/c1-16(2)19-14-21(23-15-20(17(3)4)26(28)32-23)27(5)25(19)18-9-10-22(30-7)24(13-18)31-12-8-11-29-6/h9-10,13,16-17,19-21,23,25H,8,11-12,14-15H2,1-7H3/t19-,20-,21-,23-,25-/m0/s1. The van der Waals surface area contributed by atoms with Crippen LogP contribution in [0.5, 0.6) is 11.5 Å². The van der Waals surface area contributed by atoms with E-state index < -0.39 is 0 Å². The summed E-state index contributed by atoms with van der Waals surface area (Å²) in [7, 11) is 5.55. The lowest BCUT2D eigenvalue weighted by molar-refractivity contribution is -0.146. The minimum Gasteiger partial charge on any atom is -0.493 e. The van der Waals surface area contributed by atoms with Crippen LogP contribution in [0, 0.1) is 23.7 Å². The molecule has 0 spiro atoms. The third-order valence-corrected chi connectivity index (χ3v) is 7.31. The molecule has 0 aliphatic carbocycles. The molecule has 180 valence electrons. The number of cyclic esters (lactones) is 1. The van der Waals surface area contributed by atoms with Crippen LogP contribution in [0.3, 0.4) is 0 Å². The van der Waals surface area contributed by atoms with Crippen molar-refractivity contribution in [3.63, 3.8) is 0 Å². The van der Waals surface area contributed by atoms with E-state index in [1.807, 2.05) is 6.07 Å². The zero-order valence-corrected chi connectivity index (χ0v) is 20.8. The summed E-state index contributed by atoms with van der Waals surface area (Å²) >= 11 is 0. The van der Waals surface area contributed by atoms with Crippen LogP contribution in [0.25, 0.3) is 0 Å². The maximum Gasteiger partial charge on any atom is 0.309 e. The predicted molar refractivity (Wildman–Crippen MR) is 125 cm³/mol. The van der Waals surface area contributed by atoms with E-state index in [2.05, 4.69) is 51.8 Å². The normalized spacial score (nSPS) is 28.5. The molecule has 2 heterocycles. The zero-order chi connectivity index (χ0) is 23.4. The van der Waals surface area contributed by atoms with Gasteiger partial charge in [-0.1, -0.05) is 33.8 Å². The molecule has 32 heavy (non-hydrogen) atoms. The molecule has 1 aromatic carbocycles. The first-order valence-electron chi connectivity index (χ1n) is 12.0. The number of hydrogen-bond acceptors (Lipinski definition) is 6. The van der Waals surface area contributed by atoms with Crippen LogP contribution < -0.4 is 9.47 Å². The molecule has 0 aromatic heterocycles. The monoisotopic (exact) mass is 447 g/mol. The molecule has 2 fully saturated rings. The fraction of sp³-hybridized carbons (Fsp3) is 0.731. The van der Waals surface area contributed by atoms with Crippen molar-refractivity contribution in [1.29, 1.82) is 0 Å². The first-order valence-corrected chi connectivity index (χ1v) is 12.0. The Hall–Kier alpha value is -1.79. The Labute approximate surface area is 193 Å². The Bertz CT molecular complexity index is 765. The Morgan fingerprint density at radius 2 is 1.81 bits per heavy atom. The van der Waals surface area contributed by atoms with Gasteiger partial charge in [-0.2, -0.15) is 0 Å². The van der Waals surface area contributed by atoms with Gasteiger partial charge in [0, 0.05) is 32.2 Å². The van der Waals surface area contributed by atoms with E-state index in [1.54, 1.807) is 14.2 Å². The van der Waals surface area contributed by atoms with Gasteiger partial charge in [-0.25, -0.2) is 0 Å². The van der Waals surface area contributed by atoms with Crippen molar-refractivity contribution in [3.05, 3.63) is 23.8 Å². The van der Waals surface area contributed by atoms with Crippen LogP contribution >= 0.6 is 0 Å². The Balaban J connectivity index is 1.83. The highest BCUT2D eigenvalue weighted by molar-refractivity contribution is 5.75. The van der Waals surface area contributed by atoms with Gasteiger partial charge >= 0.3 is 5.97 Å². The highest BCUT2D eigenvalue weighted by Crippen LogP contribution is 2.48. The number of likely N-dealkylation sites (N-methyl/N-ethyl adjacent to an activating group) is 1. The van der Waals surface area contributed by atoms with E-state index >= 15 is 0 Å². The molecule has 2 saturated heterocycles. The van der Waals surface area contributed by atoms with Gasteiger partial charge < -0.3 is 18.9 Å². The molecule has 0 amide bonds. The van der Waals surface area contributed by atoms with E-state index in [9.17, 15) is 4.79 Å². The summed E-state index contributed by atoms with van der Waals surface area (Å²) in [5.74, 6) is 2.80. The third-order valence-electron chi connectivity index (χ3n) is 7.31. The number of hydrogen-bond donors (Lipinski definition) is 0. The average molecular weight is 448 g/mol. The SMILES string of the molecule is COCCCOc1cc([C@H]2[C@H](C(C)C)C[C@@H]([C@@H]3C[C@@H](C(C)C)C(=O)O3)N2C)ccc1OC. The lowest BCUT2D eigenvalue weighted by atomic mass is 9.83. The number of benzene rings is 1. The molecule has 0 unspecified atom stereocenters.